The Morgan fingerprint density at radius 3 is 2.31 bits per heavy atom. The third kappa shape index (κ3) is 6.52. The van der Waals surface area contributed by atoms with Crippen molar-refractivity contribution in [2.24, 2.45) is 5.92 Å². The summed E-state index contributed by atoms with van der Waals surface area (Å²) in [5.41, 5.74) is 2.93. The molecule has 6 rings (SSSR count). The fourth-order valence-corrected chi connectivity index (χ4v) is 5.41. The van der Waals surface area contributed by atoms with Gasteiger partial charge in [0.1, 0.15) is 29.8 Å². The molecular weight excluding hydrogens is 577 g/mol. The highest BCUT2D eigenvalue weighted by Crippen LogP contribution is 2.39. The van der Waals surface area contributed by atoms with E-state index >= 15 is 0 Å². The van der Waals surface area contributed by atoms with E-state index < -0.39 is 5.82 Å². The van der Waals surface area contributed by atoms with Crippen LogP contribution in [0.1, 0.15) is 25.7 Å². The predicted octanol–water partition coefficient (Wildman–Crippen LogP) is 6.10. The molecule has 10 nitrogen and oxygen atoms in total. The Balaban J connectivity index is 1.28. The van der Waals surface area contributed by atoms with E-state index in [2.05, 4.69) is 27.2 Å². The zero-order valence-electron chi connectivity index (χ0n) is 25.1. The van der Waals surface area contributed by atoms with Gasteiger partial charge in [-0.05, 0) is 60.4 Å². The number of rotatable bonds is 10. The molecule has 1 aliphatic heterocycles. The summed E-state index contributed by atoms with van der Waals surface area (Å²) in [6, 6.07) is 13.9. The average molecular weight is 612 g/mol. The fourth-order valence-electron chi connectivity index (χ4n) is 5.41. The van der Waals surface area contributed by atoms with E-state index in [1.807, 2.05) is 24.3 Å². The van der Waals surface area contributed by atoms with Crippen LogP contribution in [0.15, 0.2) is 67.5 Å². The number of nitrogens with zero attached hydrogens (tertiary/aromatic N) is 3. The van der Waals surface area contributed by atoms with Crippen LogP contribution in [-0.4, -0.2) is 60.1 Å². The molecule has 0 spiro atoms. The smallest absolute Gasteiger partial charge is 0.245 e. The van der Waals surface area contributed by atoms with Crippen LogP contribution >= 0.6 is 0 Å². The molecule has 45 heavy (non-hydrogen) atoms. The lowest BCUT2D eigenvalue weighted by molar-refractivity contribution is -0.127. The number of carbonyl (C=O) groups excluding carboxylic acids is 2. The van der Waals surface area contributed by atoms with Gasteiger partial charge in [-0.2, -0.15) is 0 Å². The van der Waals surface area contributed by atoms with Crippen LogP contribution in [0, 0.1) is 11.7 Å². The van der Waals surface area contributed by atoms with Crippen molar-refractivity contribution < 1.29 is 28.2 Å². The SMILES string of the molecule is C=CC(=O)N1CCC(Oc2cc3c(Nc4cc(-c5ccc(F)c(NC(=O)C6CC6)c5)ccc4OC)ncnc3cc2OC)CC1. The van der Waals surface area contributed by atoms with Gasteiger partial charge in [0.15, 0.2) is 11.5 Å². The third-order valence-corrected chi connectivity index (χ3v) is 8.10. The van der Waals surface area contributed by atoms with Crippen LogP contribution in [-0.2, 0) is 9.59 Å². The summed E-state index contributed by atoms with van der Waals surface area (Å²) < 4.78 is 32.2. The number of hydrogen-bond donors (Lipinski definition) is 2. The first kappa shape index (κ1) is 29.9. The maximum atomic E-state index is 14.6. The topological polar surface area (TPSA) is 115 Å². The summed E-state index contributed by atoms with van der Waals surface area (Å²) in [4.78, 5) is 35.0. The van der Waals surface area contributed by atoms with Crippen LogP contribution in [0.5, 0.6) is 17.2 Å². The number of fused-ring (bicyclic) bond motifs is 1. The minimum Gasteiger partial charge on any atom is -0.495 e. The predicted molar refractivity (Wildman–Crippen MR) is 170 cm³/mol. The van der Waals surface area contributed by atoms with Gasteiger partial charge < -0.3 is 29.7 Å². The number of methoxy groups -OCH3 is 2. The van der Waals surface area contributed by atoms with E-state index in [-0.39, 0.29) is 29.5 Å². The van der Waals surface area contributed by atoms with E-state index in [0.29, 0.717) is 65.6 Å². The van der Waals surface area contributed by atoms with Crippen LogP contribution in [0.2, 0.25) is 0 Å². The molecule has 1 saturated heterocycles. The van der Waals surface area contributed by atoms with Crippen molar-refractivity contribution in [2.45, 2.75) is 31.8 Å². The number of ether oxygens (including phenoxy) is 3. The maximum absolute atomic E-state index is 14.6. The minimum atomic E-state index is -0.490. The molecule has 1 aromatic heterocycles. The molecule has 0 bridgehead atoms. The van der Waals surface area contributed by atoms with Crippen molar-refractivity contribution in [1.29, 1.82) is 0 Å². The number of carbonyl (C=O) groups is 2. The van der Waals surface area contributed by atoms with E-state index in [1.165, 1.54) is 18.5 Å². The minimum absolute atomic E-state index is 0.0422. The summed E-state index contributed by atoms with van der Waals surface area (Å²) in [5, 5.41) is 6.80. The third-order valence-electron chi connectivity index (χ3n) is 8.10. The Morgan fingerprint density at radius 1 is 0.911 bits per heavy atom. The normalized spacial score (nSPS) is 15.0. The molecule has 2 amide bonds. The number of halogens is 1. The van der Waals surface area contributed by atoms with Gasteiger partial charge in [-0.3, -0.25) is 9.59 Å². The lowest BCUT2D eigenvalue weighted by atomic mass is 10.0. The van der Waals surface area contributed by atoms with Gasteiger partial charge >= 0.3 is 0 Å². The van der Waals surface area contributed by atoms with Crippen molar-refractivity contribution >= 4 is 39.9 Å². The Kier molecular flexibility index (Phi) is 8.50. The molecule has 2 N–H and O–H groups in total. The Bertz CT molecular complexity index is 1770. The number of anilines is 3. The van der Waals surface area contributed by atoms with Gasteiger partial charge in [-0.25, -0.2) is 14.4 Å². The Morgan fingerprint density at radius 2 is 1.62 bits per heavy atom. The van der Waals surface area contributed by atoms with Gasteiger partial charge in [-0.1, -0.05) is 18.7 Å². The largest absolute Gasteiger partial charge is 0.495 e. The van der Waals surface area contributed by atoms with Crippen molar-refractivity contribution in [2.75, 3.05) is 37.9 Å². The second-order valence-electron chi connectivity index (χ2n) is 11.1. The maximum Gasteiger partial charge on any atom is 0.245 e. The lowest BCUT2D eigenvalue weighted by Crippen LogP contribution is -2.41. The number of aromatic nitrogens is 2. The zero-order valence-corrected chi connectivity index (χ0v) is 25.1. The van der Waals surface area contributed by atoms with Crippen LogP contribution in [0.25, 0.3) is 22.0 Å². The van der Waals surface area contributed by atoms with Gasteiger partial charge in [0.25, 0.3) is 0 Å². The number of amides is 2. The fraction of sp³-hybridized carbons (Fsp3) is 0.294. The van der Waals surface area contributed by atoms with E-state index in [4.69, 9.17) is 14.2 Å². The molecule has 0 unspecified atom stereocenters. The summed E-state index contributed by atoms with van der Waals surface area (Å²) in [6.45, 7) is 4.74. The zero-order chi connectivity index (χ0) is 31.5. The highest BCUT2D eigenvalue weighted by atomic mass is 19.1. The number of hydrogen-bond acceptors (Lipinski definition) is 8. The summed E-state index contributed by atoms with van der Waals surface area (Å²) in [5.74, 6) is 1.40. The molecule has 2 fully saturated rings. The first-order valence-electron chi connectivity index (χ1n) is 14.8. The van der Waals surface area contributed by atoms with E-state index in [1.54, 1.807) is 37.3 Å². The molecule has 0 atom stereocenters. The number of likely N-dealkylation sites (tertiary alicyclic amines) is 1. The summed E-state index contributed by atoms with van der Waals surface area (Å²) in [7, 11) is 3.15. The van der Waals surface area contributed by atoms with Gasteiger partial charge in [0.2, 0.25) is 11.8 Å². The van der Waals surface area contributed by atoms with Gasteiger partial charge in [0, 0.05) is 43.3 Å². The van der Waals surface area contributed by atoms with E-state index in [0.717, 1.165) is 24.0 Å². The first-order chi connectivity index (χ1) is 21.9. The van der Waals surface area contributed by atoms with Crippen molar-refractivity contribution in [3.63, 3.8) is 0 Å². The van der Waals surface area contributed by atoms with Crippen LogP contribution < -0.4 is 24.8 Å². The molecule has 232 valence electrons. The van der Waals surface area contributed by atoms with Crippen molar-refractivity contribution in [1.82, 2.24) is 14.9 Å². The van der Waals surface area contributed by atoms with Crippen molar-refractivity contribution in [3.8, 4) is 28.4 Å². The number of nitrogens with one attached hydrogen (secondary N) is 2. The molecule has 0 radical (unpaired) electrons. The lowest BCUT2D eigenvalue weighted by Gasteiger charge is -2.31. The van der Waals surface area contributed by atoms with Crippen molar-refractivity contribution in [3.05, 3.63) is 73.3 Å². The molecule has 2 heterocycles. The molecular formula is C34H34FN5O5. The standard InChI is InChI=1S/C34H34FN5O5/c1-4-32(41)40-13-11-23(12-14-40)45-31-17-24-26(18-30(31)44-3)36-19-37-33(24)38-28-16-22(8-10-29(28)43-2)21-7-9-25(35)27(15-21)39-34(42)20-5-6-20/h4,7-10,15-20,23H,1,5-6,11-14H2,2-3H3,(H,39,42)(H,36,37,38). The average Bonchev–Trinajstić information content (AvgIpc) is 3.92. The Labute approximate surface area is 260 Å². The first-order valence-corrected chi connectivity index (χ1v) is 14.8. The highest BCUT2D eigenvalue weighted by Gasteiger charge is 2.30. The monoisotopic (exact) mass is 611 g/mol. The molecule has 4 aromatic rings. The quantitative estimate of drug-likeness (QED) is 0.207. The highest BCUT2D eigenvalue weighted by molar-refractivity contribution is 5.95. The number of benzene rings is 3. The molecule has 2 aliphatic rings. The summed E-state index contributed by atoms with van der Waals surface area (Å²) in [6.07, 6.45) is 5.71. The summed E-state index contributed by atoms with van der Waals surface area (Å²) >= 11 is 0. The molecule has 1 aliphatic carbocycles. The van der Waals surface area contributed by atoms with Crippen LogP contribution in [0.4, 0.5) is 21.6 Å². The van der Waals surface area contributed by atoms with Gasteiger partial charge in [-0.15, -0.1) is 0 Å². The Hall–Kier alpha value is -5.19. The van der Waals surface area contributed by atoms with Crippen LogP contribution in [0.3, 0.4) is 0 Å². The molecule has 3 aromatic carbocycles. The number of piperidine rings is 1. The molecule has 1 saturated carbocycles. The second-order valence-corrected chi connectivity index (χ2v) is 11.1. The second kappa shape index (κ2) is 12.8. The van der Waals surface area contributed by atoms with Gasteiger partial charge in [0.05, 0.1) is 31.1 Å². The van der Waals surface area contributed by atoms with E-state index in [9.17, 15) is 14.0 Å². The molecule has 11 heteroatoms.